The molecule has 1 aliphatic heterocycles. The number of rotatable bonds is 3. The van der Waals surface area contributed by atoms with Crippen molar-refractivity contribution in [3.63, 3.8) is 0 Å². The lowest BCUT2D eigenvalue weighted by Gasteiger charge is -2.37. The Balaban J connectivity index is 1.96. The highest BCUT2D eigenvalue weighted by atomic mass is 16.5. The molecule has 0 unspecified atom stereocenters. The van der Waals surface area contributed by atoms with Crippen molar-refractivity contribution >= 4 is 5.91 Å². The van der Waals surface area contributed by atoms with Gasteiger partial charge < -0.3 is 15.4 Å². The summed E-state index contributed by atoms with van der Waals surface area (Å²) in [5, 5.41) is 0. The van der Waals surface area contributed by atoms with Gasteiger partial charge in [-0.25, -0.2) is 0 Å². The number of nitrogens with zero attached hydrogens (tertiary/aromatic N) is 1. The van der Waals surface area contributed by atoms with E-state index in [4.69, 9.17) is 10.5 Å². The molecule has 0 radical (unpaired) electrons. The van der Waals surface area contributed by atoms with Crippen LogP contribution in [0.1, 0.15) is 31.9 Å². The Morgan fingerprint density at radius 1 is 1.42 bits per heavy atom. The van der Waals surface area contributed by atoms with Crippen molar-refractivity contribution in [1.29, 1.82) is 0 Å². The van der Waals surface area contributed by atoms with Gasteiger partial charge in [0.05, 0.1) is 18.8 Å². The predicted molar refractivity (Wildman–Crippen MR) is 74.6 cm³/mol. The molecule has 2 N–H and O–H groups in total. The van der Waals surface area contributed by atoms with E-state index in [9.17, 15) is 4.79 Å². The first kappa shape index (κ1) is 14.0. The first-order chi connectivity index (χ1) is 9.08. The molecule has 2 rings (SSSR count). The zero-order valence-electron chi connectivity index (χ0n) is 11.6. The molecule has 0 aliphatic carbocycles. The summed E-state index contributed by atoms with van der Waals surface area (Å²) < 4.78 is 5.53. The molecule has 0 spiro atoms. The average Bonchev–Trinajstić information content (AvgIpc) is 2.42. The summed E-state index contributed by atoms with van der Waals surface area (Å²) in [6.45, 7) is 5.26. The Morgan fingerprint density at radius 2 is 2.11 bits per heavy atom. The van der Waals surface area contributed by atoms with Crippen LogP contribution in [0, 0.1) is 0 Å². The van der Waals surface area contributed by atoms with Gasteiger partial charge in [0.2, 0.25) is 5.91 Å². The first-order valence-electron chi connectivity index (χ1n) is 6.79. The second-order valence-corrected chi connectivity index (χ2v) is 5.26. The minimum absolute atomic E-state index is 0.105. The molecule has 1 heterocycles. The molecule has 1 aliphatic rings. The molecule has 0 saturated carbocycles. The second-order valence-electron chi connectivity index (χ2n) is 5.26. The van der Waals surface area contributed by atoms with Crippen molar-refractivity contribution in [3.05, 3.63) is 35.9 Å². The fourth-order valence-electron chi connectivity index (χ4n) is 2.37. The third-order valence-corrected chi connectivity index (χ3v) is 3.55. The molecule has 0 aromatic heterocycles. The highest BCUT2D eigenvalue weighted by Gasteiger charge is 2.28. The number of carbonyl (C=O) groups excluding carboxylic acids is 1. The lowest BCUT2D eigenvalue weighted by Crippen LogP contribution is -2.50. The smallest absolute Gasteiger partial charge is 0.224 e. The third-order valence-electron chi connectivity index (χ3n) is 3.55. The van der Waals surface area contributed by atoms with Crippen molar-refractivity contribution in [2.24, 2.45) is 5.73 Å². The molecular formula is C15H22N2O2. The minimum atomic E-state index is -0.237. The van der Waals surface area contributed by atoms with E-state index in [1.54, 1.807) is 0 Å². The fraction of sp³-hybridized carbons (Fsp3) is 0.533. The van der Waals surface area contributed by atoms with Gasteiger partial charge in [0.15, 0.2) is 0 Å². The number of ether oxygens (including phenoxy) is 1. The van der Waals surface area contributed by atoms with E-state index in [1.165, 1.54) is 0 Å². The summed E-state index contributed by atoms with van der Waals surface area (Å²) in [7, 11) is 0. The van der Waals surface area contributed by atoms with Crippen molar-refractivity contribution in [2.45, 2.75) is 38.5 Å². The van der Waals surface area contributed by atoms with Gasteiger partial charge in [0.25, 0.3) is 0 Å². The van der Waals surface area contributed by atoms with Crippen LogP contribution in [0.5, 0.6) is 0 Å². The zero-order valence-corrected chi connectivity index (χ0v) is 11.6. The quantitative estimate of drug-likeness (QED) is 0.902. The van der Waals surface area contributed by atoms with Crippen LogP contribution in [0.3, 0.4) is 0 Å². The molecular weight excluding hydrogens is 240 g/mol. The molecule has 1 fully saturated rings. The molecule has 1 amide bonds. The monoisotopic (exact) mass is 262 g/mol. The fourth-order valence-corrected chi connectivity index (χ4v) is 2.37. The maximum absolute atomic E-state index is 12.3. The number of nitrogens with two attached hydrogens (primary N) is 1. The van der Waals surface area contributed by atoms with E-state index in [2.05, 4.69) is 0 Å². The van der Waals surface area contributed by atoms with Crippen LogP contribution in [-0.4, -0.2) is 36.1 Å². The van der Waals surface area contributed by atoms with Crippen molar-refractivity contribution in [1.82, 2.24) is 4.90 Å². The average molecular weight is 262 g/mol. The van der Waals surface area contributed by atoms with Gasteiger partial charge in [-0.05, 0) is 19.4 Å². The Kier molecular flexibility index (Phi) is 4.56. The lowest BCUT2D eigenvalue weighted by atomic mass is 10.0. The molecule has 4 heteroatoms. The molecule has 1 aromatic rings. The second kappa shape index (κ2) is 6.17. The summed E-state index contributed by atoms with van der Waals surface area (Å²) in [6, 6.07) is 9.65. The molecule has 1 aromatic carbocycles. The van der Waals surface area contributed by atoms with Gasteiger partial charge in [-0.15, -0.1) is 0 Å². The van der Waals surface area contributed by atoms with Gasteiger partial charge in [-0.3, -0.25) is 4.79 Å². The Morgan fingerprint density at radius 3 is 2.79 bits per heavy atom. The van der Waals surface area contributed by atoms with E-state index in [1.807, 2.05) is 49.1 Å². The topological polar surface area (TPSA) is 55.6 Å². The summed E-state index contributed by atoms with van der Waals surface area (Å²) in [4.78, 5) is 14.2. The van der Waals surface area contributed by atoms with Gasteiger partial charge in [0.1, 0.15) is 0 Å². The summed E-state index contributed by atoms with van der Waals surface area (Å²) in [6.07, 6.45) is 0.453. The SMILES string of the molecule is C[C@@H]1CN(C(=O)C[C@H](N)c2ccccc2)[C@H](C)CO1. The van der Waals surface area contributed by atoms with Gasteiger partial charge in [0, 0.05) is 19.0 Å². The highest BCUT2D eigenvalue weighted by Crippen LogP contribution is 2.18. The van der Waals surface area contributed by atoms with Gasteiger partial charge >= 0.3 is 0 Å². The van der Waals surface area contributed by atoms with Crippen LogP contribution in [0.2, 0.25) is 0 Å². The number of amides is 1. The number of carbonyl (C=O) groups is 1. The normalized spacial score (nSPS) is 25.1. The van der Waals surface area contributed by atoms with Crippen LogP contribution in [0.25, 0.3) is 0 Å². The molecule has 19 heavy (non-hydrogen) atoms. The first-order valence-corrected chi connectivity index (χ1v) is 6.79. The Hall–Kier alpha value is -1.39. The molecule has 0 bridgehead atoms. The van der Waals surface area contributed by atoms with Crippen LogP contribution in [0.4, 0.5) is 0 Å². The summed E-state index contributed by atoms with van der Waals surface area (Å²) >= 11 is 0. The zero-order chi connectivity index (χ0) is 13.8. The van der Waals surface area contributed by atoms with Crippen LogP contribution >= 0.6 is 0 Å². The number of hydrogen-bond acceptors (Lipinski definition) is 3. The van der Waals surface area contributed by atoms with E-state index in [0.29, 0.717) is 19.6 Å². The number of benzene rings is 1. The molecule has 4 nitrogen and oxygen atoms in total. The van der Waals surface area contributed by atoms with Crippen LogP contribution < -0.4 is 5.73 Å². The minimum Gasteiger partial charge on any atom is -0.375 e. The number of hydrogen-bond donors (Lipinski definition) is 1. The molecule has 1 saturated heterocycles. The molecule has 3 atom stereocenters. The maximum atomic E-state index is 12.3. The van der Waals surface area contributed by atoms with E-state index >= 15 is 0 Å². The maximum Gasteiger partial charge on any atom is 0.224 e. The number of morpholine rings is 1. The van der Waals surface area contributed by atoms with Crippen molar-refractivity contribution < 1.29 is 9.53 Å². The van der Waals surface area contributed by atoms with Crippen molar-refractivity contribution in [2.75, 3.05) is 13.2 Å². The van der Waals surface area contributed by atoms with E-state index in [0.717, 1.165) is 5.56 Å². The summed E-state index contributed by atoms with van der Waals surface area (Å²) in [5.74, 6) is 0.110. The standard InChI is InChI=1S/C15H22N2O2/c1-11-10-19-12(2)9-17(11)15(18)8-14(16)13-6-4-3-5-7-13/h3-7,11-12,14H,8-10,16H2,1-2H3/t11-,12-,14+/m1/s1. The van der Waals surface area contributed by atoms with Gasteiger partial charge in [-0.2, -0.15) is 0 Å². The highest BCUT2D eigenvalue weighted by molar-refractivity contribution is 5.77. The van der Waals surface area contributed by atoms with Crippen LogP contribution in [-0.2, 0) is 9.53 Å². The Bertz CT molecular complexity index is 421. The van der Waals surface area contributed by atoms with E-state index in [-0.39, 0.29) is 24.1 Å². The predicted octanol–water partition coefficient (Wildman–Crippen LogP) is 1.71. The summed E-state index contributed by atoms with van der Waals surface area (Å²) in [5.41, 5.74) is 7.11. The third kappa shape index (κ3) is 3.55. The largest absolute Gasteiger partial charge is 0.375 e. The van der Waals surface area contributed by atoms with Crippen molar-refractivity contribution in [3.8, 4) is 0 Å². The van der Waals surface area contributed by atoms with E-state index < -0.39 is 0 Å². The lowest BCUT2D eigenvalue weighted by molar-refractivity contribution is -0.143. The Labute approximate surface area is 114 Å². The van der Waals surface area contributed by atoms with Crippen LogP contribution in [0.15, 0.2) is 30.3 Å². The molecule has 104 valence electrons. The van der Waals surface area contributed by atoms with Gasteiger partial charge in [-0.1, -0.05) is 30.3 Å².